The summed E-state index contributed by atoms with van der Waals surface area (Å²) in [4.78, 5) is 10.9. The van der Waals surface area contributed by atoms with E-state index < -0.39 is 11.4 Å². The fourth-order valence-corrected chi connectivity index (χ4v) is 2.29. The summed E-state index contributed by atoms with van der Waals surface area (Å²) in [6.07, 6.45) is 0.0974. The van der Waals surface area contributed by atoms with Gasteiger partial charge in [0.05, 0.1) is 13.0 Å². The topological polar surface area (TPSA) is 46.5 Å². The number of hydrogen-bond donors (Lipinski definition) is 1. The quantitative estimate of drug-likeness (QED) is 0.907. The van der Waals surface area contributed by atoms with Gasteiger partial charge in [-0.15, -0.1) is 0 Å². The normalized spacial score (nSPS) is 11.5. The maximum atomic E-state index is 10.9. The van der Waals surface area contributed by atoms with Crippen molar-refractivity contribution in [2.75, 3.05) is 7.11 Å². The van der Waals surface area contributed by atoms with E-state index in [1.165, 1.54) is 0 Å². The van der Waals surface area contributed by atoms with E-state index in [1.807, 2.05) is 32.0 Å². The van der Waals surface area contributed by atoms with Gasteiger partial charge in [-0.1, -0.05) is 35.8 Å². The van der Waals surface area contributed by atoms with Crippen LogP contribution in [-0.2, 0) is 21.6 Å². The zero-order valence-electron chi connectivity index (χ0n) is 10.3. The minimum atomic E-state index is -0.793. The van der Waals surface area contributed by atoms with Crippen LogP contribution in [-0.4, -0.2) is 18.2 Å². The fourth-order valence-electron chi connectivity index (χ4n) is 1.93. The molecule has 0 heterocycles. The Balaban J connectivity index is 3.17. The van der Waals surface area contributed by atoms with Crippen molar-refractivity contribution in [3.8, 4) is 0 Å². The zero-order valence-corrected chi connectivity index (χ0v) is 11.9. The van der Waals surface area contributed by atoms with Crippen molar-refractivity contribution in [1.29, 1.82) is 0 Å². The Morgan fingerprint density at radius 3 is 2.65 bits per heavy atom. The molecule has 94 valence electrons. The van der Waals surface area contributed by atoms with E-state index in [4.69, 9.17) is 9.84 Å². The first-order valence-electron chi connectivity index (χ1n) is 5.36. The van der Waals surface area contributed by atoms with Gasteiger partial charge in [-0.25, -0.2) is 0 Å². The van der Waals surface area contributed by atoms with Crippen LogP contribution in [0.1, 0.15) is 31.4 Å². The van der Waals surface area contributed by atoms with Gasteiger partial charge in [0.2, 0.25) is 0 Å². The van der Waals surface area contributed by atoms with E-state index in [-0.39, 0.29) is 6.42 Å². The van der Waals surface area contributed by atoms with Crippen molar-refractivity contribution in [2.24, 2.45) is 0 Å². The lowest BCUT2D eigenvalue weighted by atomic mass is 9.79. The second kappa shape index (κ2) is 5.65. The molecular weight excluding hydrogens is 284 g/mol. The Kier molecular flexibility index (Phi) is 4.71. The van der Waals surface area contributed by atoms with Gasteiger partial charge in [0.1, 0.15) is 0 Å². The number of rotatable bonds is 5. The van der Waals surface area contributed by atoms with E-state index in [0.717, 1.165) is 15.6 Å². The highest BCUT2D eigenvalue weighted by atomic mass is 79.9. The summed E-state index contributed by atoms with van der Waals surface area (Å²) < 4.78 is 6.10. The van der Waals surface area contributed by atoms with E-state index in [2.05, 4.69) is 15.9 Å². The van der Waals surface area contributed by atoms with Crippen LogP contribution in [0, 0.1) is 0 Å². The number of carboxylic acids is 1. The van der Waals surface area contributed by atoms with E-state index in [1.54, 1.807) is 7.11 Å². The lowest BCUT2D eigenvalue weighted by molar-refractivity contribution is -0.138. The molecule has 0 unspecified atom stereocenters. The van der Waals surface area contributed by atoms with Crippen LogP contribution in [0.2, 0.25) is 0 Å². The number of carboxylic acid groups (broad SMARTS) is 1. The third kappa shape index (κ3) is 3.82. The Morgan fingerprint density at radius 1 is 1.47 bits per heavy atom. The minimum absolute atomic E-state index is 0.0974. The highest BCUT2D eigenvalue weighted by Gasteiger charge is 2.26. The average Bonchev–Trinajstić information content (AvgIpc) is 2.19. The summed E-state index contributed by atoms with van der Waals surface area (Å²) >= 11 is 3.42. The molecule has 3 nitrogen and oxygen atoms in total. The number of carbonyl (C=O) groups is 1. The Morgan fingerprint density at radius 2 is 2.12 bits per heavy atom. The van der Waals surface area contributed by atoms with Crippen molar-refractivity contribution in [3.05, 3.63) is 33.8 Å². The van der Waals surface area contributed by atoms with Crippen molar-refractivity contribution >= 4 is 21.9 Å². The molecular formula is C13H17BrO3. The van der Waals surface area contributed by atoms with E-state index in [0.29, 0.717) is 6.61 Å². The molecule has 0 aromatic heterocycles. The van der Waals surface area contributed by atoms with Crippen molar-refractivity contribution in [3.63, 3.8) is 0 Å². The summed E-state index contributed by atoms with van der Waals surface area (Å²) in [7, 11) is 1.63. The van der Waals surface area contributed by atoms with Crippen molar-refractivity contribution < 1.29 is 14.6 Å². The van der Waals surface area contributed by atoms with Gasteiger partial charge < -0.3 is 9.84 Å². The summed E-state index contributed by atoms with van der Waals surface area (Å²) in [5.74, 6) is -0.793. The van der Waals surface area contributed by atoms with Crippen LogP contribution in [0.4, 0.5) is 0 Å². The van der Waals surface area contributed by atoms with Gasteiger partial charge in [0, 0.05) is 17.0 Å². The number of benzene rings is 1. The Bertz CT molecular complexity index is 413. The summed E-state index contributed by atoms with van der Waals surface area (Å²) in [6.45, 7) is 4.36. The smallest absolute Gasteiger partial charge is 0.304 e. The number of halogens is 1. The molecule has 1 rings (SSSR count). The minimum Gasteiger partial charge on any atom is -0.481 e. The van der Waals surface area contributed by atoms with Crippen LogP contribution in [0.5, 0.6) is 0 Å². The second-order valence-corrected chi connectivity index (χ2v) is 5.60. The first-order chi connectivity index (χ1) is 7.86. The Labute approximate surface area is 110 Å². The molecule has 1 aromatic carbocycles. The van der Waals surface area contributed by atoms with Crippen LogP contribution >= 0.6 is 15.9 Å². The molecule has 0 saturated carbocycles. The predicted molar refractivity (Wildman–Crippen MR) is 70.1 cm³/mol. The van der Waals surface area contributed by atoms with Gasteiger partial charge >= 0.3 is 5.97 Å². The SMILES string of the molecule is COCc1ccc(Br)cc1C(C)(C)CC(=O)O. The molecule has 1 aromatic rings. The molecule has 0 radical (unpaired) electrons. The Hall–Kier alpha value is -0.870. The molecule has 0 aliphatic carbocycles. The number of hydrogen-bond acceptors (Lipinski definition) is 2. The van der Waals surface area contributed by atoms with Crippen LogP contribution in [0.25, 0.3) is 0 Å². The molecule has 0 saturated heterocycles. The number of methoxy groups -OCH3 is 1. The monoisotopic (exact) mass is 300 g/mol. The van der Waals surface area contributed by atoms with Gasteiger partial charge in [0.15, 0.2) is 0 Å². The molecule has 0 aliphatic rings. The maximum absolute atomic E-state index is 10.9. The van der Waals surface area contributed by atoms with Crippen LogP contribution in [0.3, 0.4) is 0 Å². The number of aliphatic carboxylic acids is 1. The van der Waals surface area contributed by atoms with Gasteiger partial charge in [-0.2, -0.15) is 0 Å². The molecule has 4 heteroatoms. The molecule has 0 bridgehead atoms. The van der Waals surface area contributed by atoms with Crippen molar-refractivity contribution in [1.82, 2.24) is 0 Å². The number of ether oxygens (including phenoxy) is 1. The second-order valence-electron chi connectivity index (χ2n) is 4.69. The third-order valence-corrected chi connectivity index (χ3v) is 3.19. The summed E-state index contributed by atoms with van der Waals surface area (Å²) in [6, 6.07) is 5.87. The molecule has 0 aliphatic heterocycles. The molecule has 0 fully saturated rings. The highest BCUT2D eigenvalue weighted by molar-refractivity contribution is 9.10. The lowest BCUT2D eigenvalue weighted by Crippen LogP contribution is -2.23. The molecule has 0 spiro atoms. The van der Waals surface area contributed by atoms with E-state index in [9.17, 15) is 4.79 Å². The van der Waals surface area contributed by atoms with Gasteiger partial charge in [-0.05, 0) is 23.3 Å². The van der Waals surface area contributed by atoms with E-state index >= 15 is 0 Å². The summed E-state index contributed by atoms with van der Waals surface area (Å²) in [5.41, 5.74) is 1.63. The fraction of sp³-hybridized carbons (Fsp3) is 0.462. The van der Waals surface area contributed by atoms with Gasteiger partial charge in [0.25, 0.3) is 0 Å². The van der Waals surface area contributed by atoms with Crippen LogP contribution in [0.15, 0.2) is 22.7 Å². The zero-order chi connectivity index (χ0) is 13.1. The molecule has 17 heavy (non-hydrogen) atoms. The average molecular weight is 301 g/mol. The maximum Gasteiger partial charge on any atom is 0.304 e. The standard InChI is InChI=1S/C13H17BrO3/c1-13(2,7-12(15)16)11-6-10(14)5-4-9(11)8-17-3/h4-6H,7-8H2,1-3H3,(H,15,16). The highest BCUT2D eigenvalue weighted by Crippen LogP contribution is 2.32. The van der Waals surface area contributed by atoms with Crippen molar-refractivity contribution in [2.45, 2.75) is 32.3 Å². The van der Waals surface area contributed by atoms with Crippen LogP contribution < -0.4 is 0 Å². The van der Waals surface area contributed by atoms with Gasteiger partial charge in [-0.3, -0.25) is 4.79 Å². The lowest BCUT2D eigenvalue weighted by Gasteiger charge is -2.26. The third-order valence-electron chi connectivity index (χ3n) is 2.69. The molecule has 0 amide bonds. The summed E-state index contributed by atoms with van der Waals surface area (Å²) in [5, 5.41) is 8.96. The first kappa shape index (κ1) is 14.2. The molecule has 1 N–H and O–H groups in total. The molecule has 0 atom stereocenters. The first-order valence-corrected chi connectivity index (χ1v) is 6.16. The predicted octanol–water partition coefficient (Wildman–Crippen LogP) is 3.35. The largest absolute Gasteiger partial charge is 0.481 e.